The Labute approximate surface area is 221 Å². The highest BCUT2D eigenvalue weighted by atomic mass is 19.1. The van der Waals surface area contributed by atoms with Crippen LogP contribution in [0.4, 0.5) is 26.8 Å². The number of aromatic nitrogens is 3. The van der Waals surface area contributed by atoms with Crippen LogP contribution in [0.15, 0.2) is 18.2 Å². The van der Waals surface area contributed by atoms with Crippen LogP contribution >= 0.6 is 0 Å². The molecule has 1 atom stereocenters. The summed E-state index contributed by atoms with van der Waals surface area (Å²) >= 11 is 0. The van der Waals surface area contributed by atoms with Crippen molar-refractivity contribution in [1.29, 1.82) is 0 Å². The molecule has 12 heteroatoms. The van der Waals surface area contributed by atoms with Crippen LogP contribution in [0.25, 0.3) is 0 Å². The van der Waals surface area contributed by atoms with Crippen molar-refractivity contribution >= 4 is 29.6 Å². The van der Waals surface area contributed by atoms with Crippen LogP contribution in [0, 0.1) is 11.7 Å². The number of aromatic hydroxyl groups is 1. The summed E-state index contributed by atoms with van der Waals surface area (Å²) in [6, 6.07) is 2.67. The van der Waals surface area contributed by atoms with E-state index in [4.69, 9.17) is 9.47 Å². The standard InChI is InChI=1S/C26H35FN6O5/c1-26(2,3)38-25(36)33-13-7-10-19(33)21(35)37-24-31-22(28-15-16-8-5-4-6-9-16)30-23(32-24)29-17-11-12-20(34)18(27)14-17/h11-12,14,16,19,34H,4-10,13,15H2,1-3H3,(H2,28,29,30,31,32). The van der Waals surface area contributed by atoms with Crippen LogP contribution in [0.1, 0.15) is 65.7 Å². The molecule has 38 heavy (non-hydrogen) atoms. The number of amides is 1. The largest absolute Gasteiger partial charge is 0.505 e. The number of ether oxygens (including phenoxy) is 2. The minimum Gasteiger partial charge on any atom is -0.505 e. The summed E-state index contributed by atoms with van der Waals surface area (Å²) in [6.07, 6.45) is 6.29. The summed E-state index contributed by atoms with van der Waals surface area (Å²) in [5, 5.41) is 15.5. The molecule has 0 spiro atoms. The second kappa shape index (κ2) is 11.8. The Bertz CT molecular complexity index is 1150. The van der Waals surface area contributed by atoms with Gasteiger partial charge in [-0.2, -0.15) is 15.0 Å². The van der Waals surface area contributed by atoms with E-state index in [0.29, 0.717) is 31.8 Å². The number of halogens is 1. The fourth-order valence-corrected chi connectivity index (χ4v) is 4.59. The number of nitrogens with one attached hydrogen (secondary N) is 2. The quantitative estimate of drug-likeness (QED) is 0.339. The van der Waals surface area contributed by atoms with Crippen molar-refractivity contribution in [3.8, 4) is 11.8 Å². The second-order valence-electron chi connectivity index (χ2n) is 10.7. The highest BCUT2D eigenvalue weighted by molar-refractivity contribution is 5.83. The average Bonchev–Trinajstić information content (AvgIpc) is 3.35. The van der Waals surface area contributed by atoms with E-state index in [2.05, 4.69) is 25.6 Å². The Balaban J connectivity index is 1.51. The molecule has 2 aliphatic rings. The number of esters is 1. The number of benzene rings is 1. The molecular formula is C26H35FN6O5. The van der Waals surface area contributed by atoms with Crippen molar-refractivity contribution in [2.24, 2.45) is 5.92 Å². The molecule has 0 bridgehead atoms. The zero-order chi connectivity index (χ0) is 27.3. The fraction of sp³-hybridized carbons (Fsp3) is 0.577. The fourth-order valence-electron chi connectivity index (χ4n) is 4.59. The lowest BCUT2D eigenvalue weighted by atomic mass is 9.89. The van der Waals surface area contributed by atoms with Gasteiger partial charge in [-0.1, -0.05) is 19.3 Å². The van der Waals surface area contributed by atoms with Gasteiger partial charge in [-0.3, -0.25) is 4.90 Å². The van der Waals surface area contributed by atoms with E-state index in [1.54, 1.807) is 20.8 Å². The first-order valence-electron chi connectivity index (χ1n) is 13.0. The maximum absolute atomic E-state index is 13.8. The maximum atomic E-state index is 13.8. The van der Waals surface area contributed by atoms with Crippen molar-refractivity contribution in [1.82, 2.24) is 19.9 Å². The van der Waals surface area contributed by atoms with Gasteiger partial charge < -0.3 is 25.2 Å². The Morgan fingerprint density at radius 3 is 2.53 bits per heavy atom. The van der Waals surface area contributed by atoms with E-state index >= 15 is 0 Å². The third kappa shape index (κ3) is 7.42. The lowest BCUT2D eigenvalue weighted by Crippen LogP contribution is -2.45. The van der Waals surface area contributed by atoms with Gasteiger partial charge in [0.05, 0.1) is 0 Å². The summed E-state index contributed by atoms with van der Waals surface area (Å²) in [5.74, 6) is -1.27. The van der Waals surface area contributed by atoms with E-state index in [-0.39, 0.29) is 23.6 Å². The maximum Gasteiger partial charge on any atom is 0.411 e. The van der Waals surface area contributed by atoms with Crippen LogP contribution in [0.3, 0.4) is 0 Å². The predicted molar refractivity (Wildman–Crippen MR) is 138 cm³/mol. The van der Waals surface area contributed by atoms with Crippen LogP contribution in [-0.4, -0.2) is 61.8 Å². The van der Waals surface area contributed by atoms with Gasteiger partial charge in [-0.15, -0.1) is 0 Å². The molecule has 1 aromatic carbocycles. The van der Waals surface area contributed by atoms with Crippen molar-refractivity contribution in [2.45, 2.75) is 77.4 Å². The number of hydrogen-bond donors (Lipinski definition) is 3. The SMILES string of the molecule is CC(C)(C)OC(=O)N1CCCC1C(=O)Oc1nc(NCC2CCCCC2)nc(Nc2ccc(O)c(F)c2)n1. The Hall–Kier alpha value is -3.70. The average molecular weight is 531 g/mol. The molecule has 1 unspecified atom stereocenters. The number of anilines is 3. The summed E-state index contributed by atoms with van der Waals surface area (Å²) in [5.41, 5.74) is -0.413. The number of carbonyl (C=O) groups is 2. The van der Waals surface area contributed by atoms with Gasteiger partial charge in [0.1, 0.15) is 11.6 Å². The monoisotopic (exact) mass is 530 g/mol. The van der Waals surface area contributed by atoms with Crippen LogP contribution in [0.2, 0.25) is 0 Å². The van der Waals surface area contributed by atoms with Crippen LogP contribution in [-0.2, 0) is 9.53 Å². The molecular weight excluding hydrogens is 495 g/mol. The highest BCUT2D eigenvalue weighted by Crippen LogP contribution is 2.26. The number of nitrogens with zero attached hydrogens (tertiary/aromatic N) is 4. The molecule has 1 saturated heterocycles. The molecule has 1 aliphatic carbocycles. The van der Waals surface area contributed by atoms with Crippen LogP contribution in [0.5, 0.6) is 11.8 Å². The third-order valence-electron chi connectivity index (χ3n) is 6.44. The normalized spacial score (nSPS) is 18.2. The zero-order valence-corrected chi connectivity index (χ0v) is 22.0. The molecule has 11 nitrogen and oxygen atoms in total. The molecule has 2 aromatic rings. The number of phenolic OH excluding ortho intramolecular Hbond substituents is 1. The Morgan fingerprint density at radius 1 is 1.08 bits per heavy atom. The van der Waals surface area contributed by atoms with E-state index in [1.807, 2.05) is 0 Å². The first-order valence-corrected chi connectivity index (χ1v) is 13.0. The molecule has 4 rings (SSSR count). The number of phenols is 1. The second-order valence-corrected chi connectivity index (χ2v) is 10.7. The van der Waals surface area contributed by atoms with Gasteiger partial charge >= 0.3 is 18.1 Å². The van der Waals surface area contributed by atoms with Gasteiger partial charge in [-0.05, 0) is 64.5 Å². The van der Waals surface area contributed by atoms with Gasteiger partial charge in [0.25, 0.3) is 0 Å². The van der Waals surface area contributed by atoms with Crippen molar-refractivity contribution in [3.05, 3.63) is 24.0 Å². The van der Waals surface area contributed by atoms with E-state index in [1.165, 1.54) is 36.3 Å². The zero-order valence-electron chi connectivity index (χ0n) is 22.0. The molecule has 1 aromatic heterocycles. The molecule has 1 aliphatic heterocycles. The minimum atomic E-state index is -0.831. The van der Waals surface area contributed by atoms with Crippen LogP contribution < -0.4 is 15.4 Å². The minimum absolute atomic E-state index is 0.0226. The molecule has 206 valence electrons. The summed E-state index contributed by atoms with van der Waals surface area (Å²) in [7, 11) is 0. The molecule has 0 radical (unpaired) electrons. The molecule has 1 amide bonds. The van der Waals surface area contributed by atoms with E-state index in [0.717, 1.165) is 18.9 Å². The Kier molecular flexibility index (Phi) is 8.48. The van der Waals surface area contributed by atoms with E-state index in [9.17, 15) is 19.1 Å². The smallest absolute Gasteiger partial charge is 0.411 e. The summed E-state index contributed by atoms with van der Waals surface area (Å²) in [4.78, 5) is 39.8. The number of carbonyl (C=O) groups excluding carboxylic acids is 2. The first kappa shape index (κ1) is 27.3. The highest BCUT2D eigenvalue weighted by Gasteiger charge is 2.38. The Morgan fingerprint density at radius 2 is 1.82 bits per heavy atom. The number of likely N-dealkylation sites (tertiary alicyclic amines) is 1. The number of rotatable bonds is 7. The topological polar surface area (TPSA) is 139 Å². The predicted octanol–water partition coefficient (Wildman–Crippen LogP) is 4.76. The lowest BCUT2D eigenvalue weighted by molar-refractivity contribution is -0.139. The first-order chi connectivity index (χ1) is 18.1. The summed E-state index contributed by atoms with van der Waals surface area (Å²) < 4.78 is 24.8. The van der Waals surface area contributed by atoms with Gasteiger partial charge in [0.2, 0.25) is 11.9 Å². The molecule has 1 saturated carbocycles. The molecule has 2 heterocycles. The number of hydrogen-bond acceptors (Lipinski definition) is 10. The lowest BCUT2D eigenvalue weighted by Gasteiger charge is -2.27. The van der Waals surface area contributed by atoms with Crippen molar-refractivity contribution in [3.63, 3.8) is 0 Å². The van der Waals surface area contributed by atoms with E-state index < -0.39 is 35.3 Å². The van der Waals surface area contributed by atoms with Crippen molar-refractivity contribution < 1.29 is 28.6 Å². The van der Waals surface area contributed by atoms with Gasteiger partial charge in [0, 0.05) is 24.8 Å². The third-order valence-corrected chi connectivity index (χ3v) is 6.44. The molecule has 3 N–H and O–H groups in total. The molecule has 2 fully saturated rings. The van der Waals surface area contributed by atoms with Crippen molar-refractivity contribution in [2.75, 3.05) is 23.7 Å². The summed E-state index contributed by atoms with van der Waals surface area (Å²) in [6.45, 7) is 6.30. The van der Waals surface area contributed by atoms with Gasteiger partial charge in [0.15, 0.2) is 11.6 Å². The van der Waals surface area contributed by atoms with Gasteiger partial charge in [-0.25, -0.2) is 14.0 Å².